The van der Waals surface area contributed by atoms with Gasteiger partial charge in [0.05, 0.1) is 18.8 Å². The van der Waals surface area contributed by atoms with Gasteiger partial charge in [-0.05, 0) is 48.4 Å². The monoisotopic (exact) mass is 386 g/mol. The van der Waals surface area contributed by atoms with Gasteiger partial charge in [-0.3, -0.25) is 4.79 Å². The number of carbonyl (C=O) groups excluding carboxylic acids is 1. The Labute approximate surface area is 159 Å². The Morgan fingerprint density at radius 3 is 2.81 bits per heavy atom. The topological polar surface area (TPSA) is 69.0 Å². The Balaban J connectivity index is 1.51. The van der Waals surface area contributed by atoms with E-state index in [2.05, 4.69) is 15.6 Å². The van der Waals surface area contributed by atoms with E-state index in [9.17, 15) is 9.18 Å². The fraction of sp³-hybridized carbons (Fsp3) is 0.211. The van der Waals surface area contributed by atoms with Gasteiger partial charge in [0.2, 0.25) is 0 Å². The van der Waals surface area contributed by atoms with Crippen LogP contribution in [-0.2, 0) is 17.9 Å². The third kappa shape index (κ3) is 3.56. The van der Waals surface area contributed by atoms with Crippen LogP contribution in [0.2, 0.25) is 5.02 Å². The first-order valence-corrected chi connectivity index (χ1v) is 8.76. The molecule has 0 radical (unpaired) electrons. The summed E-state index contributed by atoms with van der Waals surface area (Å²) in [5.74, 6) is -0.658. The van der Waals surface area contributed by atoms with Gasteiger partial charge in [-0.2, -0.15) is 0 Å². The van der Waals surface area contributed by atoms with Gasteiger partial charge in [-0.25, -0.2) is 9.07 Å². The molecule has 1 aliphatic heterocycles. The third-order valence-electron chi connectivity index (χ3n) is 4.47. The molecule has 1 aromatic heterocycles. The van der Waals surface area contributed by atoms with Crippen molar-refractivity contribution in [2.45, 2.75) is 26.2 Å². The predicted molar refractivity (Wildman–Crippen MR) is 98.1 cm³/mol. The minimum Gasteiger partial charge on any atom is -0.365 e. The van der Waals surface area contributed by atoms with E-state index in [-0.39, 0.29) is 30.1 Å². The zero-order valence-corrected chi connectivity index (χ0v) is 15.2. The molecule has 0 saturated heterocycles. The van der Waals surface area contributed by atoms with Crippen molar-refractivity contribution in [3.8, 4) is 0 Å². The SMILES string of the molecule is Cc1cc(NC(=O)c2nnn3c2COC(c2ccc(F)cc2)C3)ccc1Cl. The molecular formula is C19H16ClFN4O2. The van der Waals surface area contributed by atoms with Crippen LogP contribution in [0.4, 0.5) is 10.1 Å². The number of fused-ring (bicyclic) bond motifs is 1. The average Bonchev–Trinajstić information content (AvgIpc) is 3.08. The Bertz CT molecular complexity index is 1000. The molecule has 1 aliphatic rings. The number of amides is 1. The molecule has 1 N–H and O–H groups in total. The van der Waals surface area contributed by atoms with E-state index in [0.717, 1.165) is 11.1 Å². The first-order chi connectivity index (χ1) is 13.0. The first kappa shape index (κ1) is 17.6. The van der Waals surface area contributed by atoms with Crippen LogP contribution >= 0.6 is 11.6 Å². The van der Waals surface area contributed by atoms with E-state index < -0.39 is 0 Å². The Hall–Kier alpha value is -2.77. The van der Waals surface area contributed by atoms with Gasteiger partial charge in [0.1, 0.15) is 11.9 Å². The van der Waals surface area contributed by atoms with Crippen LogP contribution < -0.4 is 5.32 Å². The molecule has 1 atom stereocenters. The summed E-state index contributed by atoms with van der Waals surface area (Å²) in [6, 6.07) is 11.4. The molecule has 0 bridgehead atoms. The summed E-state index contributed by atoms with van der Waals surface area (Å²) >= 11 is 6.01. The maximum Gasteiger partial charge on any atom is 0.278 e. The highest BCUT2D eigenvalue weighted by Crippen LogP contribution is 2.27. The second-order valence-corrected chi connectivity index (χ2v) is 6.74. The van der Waals surface area contributed by atoms with Crippen molar-refractivity contribution < 1.29 is 13.9 Å². The van der Waals surface area contributed by atoms with Crippen molar-refractivity contribution in [3.63, 3.8) is 0 Å². The number of nitrogens with one attached hydrogen (secondary N) is 1. The number of anilines is 1. The summed E-state index contributed by atoms with van der Waals surface area (Å²) in [5.41, 5.74) is 3.17. The molecule has 2 heterocycles. The number of benzene rings is 2. The molecule has 27 heavy (non-hydrogen) atoms. The van der Waals surface area contributed by atoms with Crippen LogP contribution in [0, 0.1) is 12.7 Å². The first-order valence-electron chi connectivity index (χ1n) is 8.38. The van der Waals surface area contributed by atoms with E-state index in [0.29, 0.717) is 22.9 Å². The fourth-order valence-corrected chi connectivity index (χ4v) is 3.10. The van der Waals surface area contributed by atoms with Crippen molar-refractivity contribution in [2.75, 3.05) is 5.32 Å². The number of aryl methyl sites for hydroxylation is 1. The largest absolute Gasteiger partial charge is 0.365 e. The lowest BCUT2D eigenvalue weighted by Crippen LogP contribution is -2.24. The maximum absolute atomic E-state index is 13.1. The third-order valence-corrected chi connectivity index (χ3v) is 4.89. The summed E-state index contributed by atoms with van der Waals surface area (Å²) < 4.78 is 20.6. The van der Waals surface area contributed by atoms with Crippen LogP contribution in [0.3, 0.4) is 0 Å². The number of ether oxygens (including phenoxy) is 1. The van der Waals surface area contributed by atoms with Crippen molar-refractivity contribution in [1.29, 1.82) is 0 Å². The Morgan fingerprint density at radius 1 is 1.30 bits per heavy atom. The smallest absolute Gasteiger partial charge is 0.278 e. The number of hydrogen-bond acceptors (Lipinski definition) is 4. The van der Waals surface area contributed by atoms with E-state index in [1.165, 1.54) is 12.1 Å². The zero-order valence-electron chi connectivity index (χ0n) is 14.4. The van der Waals surface area contributed by atoms with Gasteiger partial charge in [-0.15, -0.1) is 5.10 Å². The molecule has 138 valence electrons. The molecule has 3 aromatic rings. The van der Waals surface area contributed by atoms with Crippen molar-refractivity contribution in [2.24, 2.45) is 0 Å². The highest BCUT2D eigenvalue weighted by Gasteiger charge is 2.27. The van der Waals surface area contributed by atoms with Crippen LogP contribution in [0.1, 0.15) is 33.4 Å². The number of halogens is 2. The van der Waals surface area contributed by atoms with Gasteiger partial charge in [0.25, 0.3) is 5.91 Å². The van der Waals surface area contributed by atoms with Crippen LogP contribution in [0.5, 0.6) is 0 Å². The second kappa shape index (κ2) is 7.09. The van der Waals surface area contributed by atoms with Gasteiger partial charge < -0.3 is 10.1 Å². The lowest BCUT2D eigenvalue weighted by Gasteiger charge is -2.24. The molecule has 0 aliphatic carbocycles. The summed E-state index contributed by atoms with van der Waals surface area (Å²) in [6.45, 7) is 2.46. The molecule has 0 spiro atoms. The highest BCUT2D eigenvalue weighted by atomic mass is 35.5. The van der Waals surface area contributed by atoms with Gasteiger partial charge in [-0.1, -0.05) is 28.9 Å². The van der Waals surface area contributed by atoms with Crippen molar-refractivity contribution in [1.82, 2.24) is 15.0 Å². The highest BCUT2D eigenvalue weighted by molar-refractivity contribution is 6.31. The van der Waals surface area contributed by atoms with Crippen LogP contribution in [0.25, 0.3) is 0 Å². The molecular weight excluding hydrogens is 371 g/mol. The number of rotatable bonds is 3. The van der Waals surface area contributed by atoms with E-state index >= 15 is 0 Å². The number of aromatic nitrogens is 3. The summed E-state index contributed by atoms with van der Waals surface area (Å²) in [5, 5.41) is 11.5. The summed E-state index contributed by atoms with van der Waals surface area (Å²) in [6.07, 6.45) is -0.269. The standard InChI is InChI=1S/C19H16ClFN4O2/c1-11-8-14(6-7-15(11)20)22-19(26)18-16-10-27-17(9-25(16)24-23-18)12-2-4-13(21)5-3-12/h2-8,17H,9-10H2,1H3,(H,22,26). The Morgan fingerprint density at radius 2 is 2.07 bits per heavy atom. The second-order valence-electron chi connectivity index (χ2n) is 6.34. The van der Waals surface area contributed by atoms with Gasteiger partial charge in [0.15, 0.2) is 5.69 Å². The normalized spacial score (nSPS) is 16.0. The molecule has 8 heteroatoms. The molecule has 0 saturated carbocycles. The molecule has 1 amide bonds. The minimum absolute atomic E-state index is 0.192. The minimum atomic E-state index is -0.359. The Kier molecular flexibility index (Phi) is 4.63. The van der Waals surface area contributed by atoms with E-state index in [4.69, 9.17) is 16.3 Å². The fourth-order valence-electron chi connectivity index (χ4n) is 2.98. The summed E-state index contributed by atoms with van der Waals surface area (Å²) in [7, 11) is 0. The molecule has 0 fully saturated rings. The number of carbonyl (C=O) groups is 1. The number of nitrogens with zero attached hydrogens (tertiary/aromatic N) is 3. The maximum atomic E-state index is 13.1. The average molecular weight is 387 g/mol. The van der Waals surface area contributed by atoms with Gasteiger partial charge in [0, 0.05) is 10.7 Å². The van der Waals surface area contributed by atoms with Crippen molar-refractivity contribution >= 4 is 23.2 Å². The van der Waals surface area contributed by atoms with Crippen LogP contribution in [0.15, 0.2) is 42.5 Å². The summed E-state index contributed by atoms with van der Waals surface area (Å²) in [4.78, 5) is 12.6. The predicted octanol–water partition coefficient (Wildman–Crippen LogP) is 3.90. The van der Waals surface area contributed by atoms with E-state index in [1.807, 2.05) is 6.92 Å². The van der Waals surface area contributed by atoms with Crippen LogP contribution in [-0.4, -0.2) is 20.9 Å². The molecule has 2 aromatic carbocycles. The molecule has 1 unspecified atom stereocenters. The lowest BCUT2D eigenvalue weighted by atomic mass is 10.1. The van der Waals surface area contributed by atoms with E-state index in [1.54, 1.807) is 35.0 Å². The van der Waals surface area contributed by atoms with Gasteiger partial charge >= 0.3 is 0 Å². The molecule has 4 rings (SSSR count). The number of hydrogen-bond donors (Lipinski definition) is 1. The van der Waals surface area contributed by atoms with Crippen molar-refractivity contribution in [3.05, 3.63) is 75.8 Å². The lowest BCUT2D eigenvalue weighted by molar-refractivity contribution is -0.00174. The quantitative estimate of drug-likeness (QED) is 0.741. The molecule has 6 nitrogen and oxygen atoms in total. The zero-order chi connectivity index (χ0) is 19.0.